The van der Waals surface area contributed by atoms with E-state index in [1.807, 2.05) is 24.3 Å². The van der Waals surface area contributed by atoms with Gasteiger partial charge in [-0.05, 0) is 30.5 Å². The Balaban J connectivity index is 1.72. The molecule has 5 nitrogen and oxygen atoms in total. The van der Waals surface area contributed by atoms with Crippen LogP contribution in [0.4, 0.5) is 0 Å². The zero-order valence-corrected chi connectivity index (χ0v) is 11.6. The second-order valence-corrected chi connectivity index (χ2v) is 4.89. The number of carbonyl (C=O) groups is 2. The predicted octanol–water partition coefficient (Wildman–Crippen LogP) is 1.02. The first-order valence-electron chi connectivity index (χ1n) is 6.95. The smallest absolute Gasteiger partial charge is 0.258 e. The lowest BCUT2D eigenvalue weighted by atomic mass is 10.1. The molecule has 108 valence electrons. The van der Waals surface area contributed by atoms with Crippen molar-refractivity contribution < 1.29 is 14.3 Å². The molecule has 2 N–H and O–H groups in total. The number of ether oxygens (including phenoxy) is 1. The molecule has 1 atom stereocenters. The minimum atomic E-state index is -0.161. The van der Waals surface area contributed by atoms with Crippen molar-refractivity contribution in [3.63, 3.8) is 0 Å². The first-order chi connectivity index (χ1) is 9.67. The van der Waals surface area contributed by atoms with Gasteiger partial charge in [0.25, 0.3) is 5.91 Å². The van der Waals surface area contributed by atoms with Crippen LogP contribution in [-0.2, 0) is 16.0 Å². The van der Waals surface area contributed by atoms with Crippen LogP contribution in [0.1, 0.15) is 25.3 Å². The minimum absolute atomic E-state index is 0.00405. The molecule has 2 amide bonds. The maximum absolute atomic E-state index is 11.7. The number of rotatable bonds is 5. The Morgan fingerprint density at radius 2 is 2.15 bits per heavy atom. The van der Waals surface area contributed by atoms with Gasteiger partial charge in [-0.15, -0.1) is 0 Å². The van der Waals surface area contributed by atoms with Crippen LogP contribution in [0.2, 0.25) is 0 Å². The molecular formula is C15H20N2O3. The Hall–Kier alpha value is -2.04. The van der Waals surface area contributed by atoms with Crippen molar-refractivity contribution in [1.29, 1.82) is 0 Å². The lowest BCUT2D eigenvalue weighted by Crippen LogP contribution is -2.48. The average Bonchev–Trinajstić information content (AvgIpc) is 2.48. The van der Waals surface area contributed by atoms with Gasteiger partial charge in [0.15, 0.2) is 6.61 Å². The number of aryl methyl sites for hydroxylation is 1. The molecule has 1 aromatic carbocycles. The lowest BCUT2D eigenvalue weighted by molar-refractivity contribution is -0.126. The van der Waals surface area contributed by atoms with E-state index in [2.05, 4.69) is 17.6 Å². The number of hydrogen-bond acceptors (Lipinski definition) is 3. The summed E-state index contributed by atoms with van der Waals surface area (Å²) in [5.41, 5.74) is 1.24. The fourth-order valence-electron chi connectivity index (χ4n) is 2.10. The Morgan fingerprint density at radius 1 is 1.40 bits per heavy atom. The van der Waals surface area contributed by atoms with Crippen molar-refractivity contribution in [2.75, 3.05) is 13.2 Å². The van der Waals surface area contributed by atoms with E-state index in [0.717, 1.165) is 6.42 Å². The number of benzene rings is 1. The van der Waals surface area contributed by atoms with E-state index in [1.54, 1.807) is 0 Å². The van der Waals surface area contributed by atoms with Gasteiger partial charge < -0.3 is 15.4 Å². The Morgan fingerprint density at radius 3 is 2.75 bits per heavy atom. The van der Waals surface area contributed by atoms with Gasteiger partial charge in [0, 0.05) is 19.0 Å². The molecule has 1 fully saturated rings. The van der Waals surface area contributed by atoms with Gasteiger partial charge >= 0.3 is 0 Å². The lowest BCUT2D eigenvalue weighted by Gasteiger charge is -2.23. The Kier molecular flexibility index (Phi) is 4.98. The summed E-state index contributed by atoms with van der Waals surface area (Å²) in [6.07, 6.45) is 2.13. The molecule has 2 rings (SSSR count). The first-order valence-corrected chi connectivity index (χ1v) is 6.95. The highest BCUT2D eigenvalue weighted by Gasteiger charge is 2.19. The molecule has 5 heteroatoms. The van der Waals surface area contributed by atoms with Crippen LogP contribution in [0.25, 0.3) is 0 Å². The molecule has 0 saturated carbocycles. The minimum Gasteiger partial charge on any atom is -0.484 e. The topological polar surface area (TPSA) is 67.4 Å². The summed E-state index contributed by atoms with van der Waals surface area (Å²) in [6, 6.07) is 7.72. The van der Waals surface area contributed by atoms with Gasteiger partial charge in [-0.25, -0.2) is 0 Å². The molecule has 0 radical (unpaired) electrons. The number of hydrogen-bond donors (Lipinski definition) is 2. The van der Waals surface area contributed by atoms with Crippen molar-refractivity contribution in [2.24, 2.45) is 0 Å². The highest BCUT2D eigenvalue weighted by atomic mass is 16.5. The molecule has 20 heavy (non-hydrogen) atoms. The van der Waals surface area contributed by atoms with Crippen molar-refractivity contribution in [3.8, 4) is 5.75 Å². The molecule has 0 spiro atoms. The highest BCUT2D eigenvalue weighted by molar-refractivity contribution is 5.79. The Labute approximate surface area is 118 Å². The van der Waals surface area contributed by atoms with Crippen LogP contribution >= 0.6 is 0 Å². The average molecular weight is 276 g/mol. The van der Waals surface area contributed by atoms with Crippen LogP contribution in [0.3, 0.4) is 0 Å². The van der Waals surface area contributed by atoms with Crippen molar-refractivity contribution >= 4 is 11.8 Å². The van der Waals surface area contributed by atoms with Crippen molar-refractivity contribution in [3.05, 3.63) is 29.8 Å². The molecule has 1 saturated heterocycles. The molecule has 1 heterocycles. The number of nitrogens with one attached hydrogen (secondary N) is 2. The highest BCUT2D eigenvalue weighted by Crippen LogP contribution is 2.12. The fraction of sp³-hybridized carbons (Fsp3) is 0.467. The monoisotopic (exact) mass is 276 g/mol. The molecule has 1 aliphatic heterocycles. The normalized spacial score (nSPS) is 18.2. The number of piperidine rings is 1. The van der Waals surface area contributed by atoms with E-state index in [0.29, 0.717) is 25.1 Å². The summed E-state index contributed by atoms with van der Waals surface area (Å²) in [7, 11) is 0. The third-order valence-corrected chi connectivity index (χ3v) is 3.33. The fourth-order valence-corrected chi connectivity index (χ4v) is 2.10. The molecule has 0 aliphatic carbocycles. The van der Waals surface area contributed by atoms with Gasteiger partial charge in [0.05, 0.1) is 0 Å². The first kappa shape index (κ1) is 14.4. The van der Waals surface area contributed by atoms with Gasteiger partial charge in [-0.2, -0.15) is 0 Å². The third-order valence-electron chi connectivity index (χ3n) is 3.33. The van der Waals surface area contributed by atoms with Gasteiger partial charge in [0.2, 0.25) is 5.91 Å². The van der Waals surface area contributed by atoms with E-state index < -0.39 is 0 Å². The van der Waals surface area contributed by atoms with Gasteiger partial charge in [-0.1, -0.05) is 19.1 Å². The second-order valence-electron chi connectivity index (χ2n) is 4.89. The van der Waals surface area contributed by atoms with E-state index in [-0.39, 0.29) is 24.5 Å². The third kappa shape index (κ3) is 4.26. The molecule has 0 bridgehead atoms. The molecule has 0 aromatic heterocycles. The largest absolute Gasteiger partial charge is 0.484 e. The second kappa shape index (κ2) is 6.93. The van der Waals surface area contributed by atoms with Crippen LogP contribution in [0.5, 0.6) is 5.75 Å². The molecule has 1 unspecified atom stereocenters. The maximum atomic E-state index is 11.7. The number of carbonyl (C=O) groups excluding carboxylic acids is 2. The zero-order chi connectivity index (χ0) is 14.4. The molecule has 1 aromatic rings. The van der Waals surface area contributed by atoms with E-state index in [1.165, 1.54) is 5.56 Å². The van der Waals surface area contributed by atoms with Crippen LogP contribution in [0.15, 0.2) is 24.3 Å². The SMILES string of the molecule is CCc1ccc(OCC(=O)NC2CCC(=O)NC2)cc1. The summed E-state index contributed by atoms with van der Waals surface area (Å²) in [5, 5.41) is 5.58. The maximum Gasteiger partial charge on any atom is 0.258 e. The summed E-state index contributed by atoms with van der Waals surface area (Å²) in [5.74, 6) is 0.572. The Bertz CT molecular complexity index is 461. The van der Waals surface area contributed by atoms with Crippen molar-refractivity contribution in [2.45, 2.75) is 32.2 Å². The van der Waals surface area contributed by atoms with E-state index in [4.69, 9.17) is 4.74 Å². The predicted molar refractivity (Wildman–Crippen MR) is 75.5 cm³/mol. The summed E-state index contributed by atoms with van der Waals surface area (Å²) in [4.78, 5) is 22.7. The molecule has 1 aliphatic rings. The van der Waals surface area contributed by atoms with Crippen LogP contribution in [-0.4, -0.2) is 31.0 Å². The summed E-state index contributed by atoms with van der Waals surface area (Å²) >= 11 is 0. The summed E-state index contributed by atoms with van der Waals surface area (Å²) in [6.45, 7) is 2.58. The quantitative estimate of drug-likeness (QED) is 0.844. The van der Waals surface area contributed by atoms with E-state index in [9.17, 15) is 9.59 Å². The molecular weight excluding hydrogens is 256 g/mol. The zero-order valence-electron chi connectivity index (χ0n) is 11.6. The van der Waals surface area contributed by atoms with Gasteiger partial charge in [-0.3, -0.25) is 9.59 Å². The van der Waals surface area contributed by atoms with Crippen LogP contribution in [0, 0.1) is 0 Å². The van der Waals surface area contributed by atoms with Crippen molar-refractivity contribution in [1.82, 2.24) is 10.6 Å². The van der Waals surface area contributed by atoms with Gasteiger partial charge in [0.1, 0.15) is 5.75 Å². The van der Waals surface area contributed by atoms with E-state index >= 15 is 0 Å². The standard InChI is InChI=1S/C15H20N2O3/c1-2-11-3-6-13(7-4-11)20-10-15(19)17-12-5-8-14(18)16-9-12/h3-4,6-7,12H,2,5,8-10H2,1H3,(H,16,18)(H,17,19). The summed E-state index contributed by atoms with van der Waals surface area (Å²) < 4.78 is 5.43. The van der Waals surface area contributed by atoms with Crippen LogP contribution < -0.4 is 15.4 Å². The number of amides is 2.